The van der Waals surface area contributed by atoms with Gasteiger partial charge in [-0.1, -0.05) is 121 Å². The normalized spacial score (nSPS) is 13.4. The van der Waals surface area contributed by atoms with Crippen LogP contribution in [0.2, 0.25) is 0 Å². The van der Waals surface area contributed by atoms with Gasteiger partial charge in [-0.05, 0) is 57.3 Å². The molecule has 9 rings (SSSR count). The Labute approximate surface area is 248 Å². The molecular formula is C39H25N2OP. The van der Waals surface area contributed by atoms with E-state index in [0.29, 0.717) is 0 Å². The minimum Gasteiger partial charge on any atom is -0.309 e. The second-order valence-corrected chi connectivity index (χ2v) is 13.9. The molecule has 0 amide bonds. The molecule has 4 heteroatoms. The van der Waals surface area contributed by atoms with Gasteiger partial charge in [0.25, 0.3) is 0 Å². The summed E-state index contributed by atoms with van der Waals surface area (Å²) in [6.07, 6.45) is 0. The number of para-hydroxylation sites is 1. The first-order chi connectivity index (χ1) is 21.2. The zero-order valence-electron chi connectivity index (χ0n) is 23.2. The Morgan fingerprint density at radius 3 is 1.88 bits per heavy atom. The molecule has 0 aliphatic rings. The highest BCUT2D eigenvalue weighted by molar-refractivity contribution is 7.85. The van der Waals surface area contributed by atoms with Gasteiger partial charge in [-0.25, -0.2) is 4.98 Å². The summed E-state index contributed by atoms with van der Waals surface area (Å²) in [5.74, 6) is 0. The van der Waals surface area contributed by atoms with Crippen molar-refractivity contribution in [2.24, 2.45) is 0 Å². The average Bonchev–Trinajstić information content (AvgIpc) is 3.48. The van der Waals surface area contributed by atoms with Crippen molar-refractivity contribution >= 4 is 83.0 Å². The molecule has 0 bridgehead atoms. The number of rotatable bonds is 3. The van der Waals surface area contributed by atoms with E-state index in [-0.39, 0.29) is 0 Å². The van der Waals surface area contributed by atoms with Crippen molar-refractivity contribution in [1.82, 2.24) is 9.38 Å². The number of benzene rings is 7. The molecule has 0 saturated carbocycles. The fraction of sp³-hybridized carbons (Fsp3) is 0. The Kier molecular flexibility index (Phi) is 5.17. The van der Waals surface area contributed by atoms with E-state index in [9.17, 15) is 0 Å². The highest BCUT2D eigenvalue weighted by Gasteiger charge is 2.31. The summed E-state index contributed by atoms with van der Waals surface area (Å²) >= 11 is 0. The Bertz CT molecular complexity index is 2600. The van der Waals surface area contributed by atoms with E-state index in [1.54, 1.807) is 0 Å². The summed E-state index contributed by atoms with van der Waals surface area (Å²) in [4.78, 5) is 5.11. The lowest BCUT2D eigenvalue weighted by molar-refractivity contribution is 0.592. The summed E-state index contributed by atoms with van der Waals surface area (Å²) in [6, 6.07) is 52.0. The van der Waals surface area contributed by atoms with E-state index >= 15 is 4.57 Å². The molecular weight excluding hydrogens is 543 g/mol. The average molecular weight is 569 g/mol. The standard InChI is InChI=1S/C39H25N2OP/c42-43(28-11-2-1-3-12-28,29-21-20-27-19-18-26-10-4-5-13-31(26)35(27)24-29)30-22-23-36-38(25-30)41-37-17-9-8-15-33(37)32-14-6-7-16-34(32)39(41)40-36/h1-25H. The van der Waals surface area contributed by atoms with Crippen LogP contribution in [0, 0.1) is 0 Å². The van der Waals surface area contributed by atoms with Crippen LogP contribution in [0.1, 0.15) is 0 Å². The van der Waals surface area contributed by atoms with Gasteiger partial charge in [-0.15, -0.1) is 0 Å². The zero-order chi connectivity index (χ0) is 28.5. The Balaban J connectivity index is 1.38. The number of imidazole rings is 1. The first-order valence-corrected chi connectivity index (χ1v) is 16.2. The summed E-state index contributed by atoms with van der Waals surface area (Å²) in [5.41, 5.74) is 3.84. The lowest BCUT2D eigenvalue weighted by atomic mass is 10.0. The predicted molar refractivity (Wildman–Crippen MR) is 182 cm³/mol. The minimum atomic E-state index is -3.27. The largest absolute Gasteiger partial charge is 0.309 e. The number of nitrogens with zero attached hydrogens (tertiary/aromatic N) is 2. The highest BCUT2D eigenvalue weighted by Crippen LogP contribution is 2.44. The Hall–Kier alpha value is -5.24. The van der Waals surface area contributed by atoms with Crippen molar-refractivity contribution in [2.45, 2.75) is 0 Å². The number of fused-ring (bicyclic) bond motifs is 11. The highest BCUT2D eigenvalue weighted by atomic mass is 31.2. The first kappa shape index (κ1) is 24.4. The molecule has 2 aromatic heterocycles. The van der Waals surface area contributed by atoms with Crippen molar-refractivity contribution in [3.8, 4) is 0 Å². The minimum absolute atomic E-state index is 0.796. The molecule has 3 nitrogen and oxygen atoms in total. The van der Waals surface area contributed by atoms with Crippen LogP contribution in [0.15, 0.2) is 152 Å². The fourth-order valence-electron chi connectivity index (χ4n) is 6.76. The van der Waals surface area contributed by atoms with E-state index in [2.05, 4.69) is 108 Å². The van der Waals surface area contributed by atoms with Gasteiger partial charge < -0.3 is 4.57 Å². The lowest BCUT2D eigenvalue weighted by Gasteiger charge is -2.21. The van der Waals surface area contributed by atoms with Gasteiger partial charge in [-0.2, -0.15) is 0 Å². The van der Waals surface area contributed by atoms with Crippen molar-refractivity contribution < 1.29 is 4.57 Å². The van der Waals surface area contributed by atoms with Gasteiger partial charge in [-0.3, -0.25) is 4.40 Å². The molecule has 0 fully saturated rings. The smallest absolute Gasteiger partial charge is 0.171 e. The van der Waals surface area contributed by atoms with E-state index in [1.165, 1.54) is 16.2 Å². The molecule has 0 N–H and O–H groups in total. The lowest BCUT2D eigenvalue weighted by Crippen LogP contribution is -2.25. The maximum atomic E-state index is 15.7. The number of hydrogen-bond acceptors (Lipinski definition) is 2. The van der Waals surface area contributed by atoms with Crippen LogP contribution in [0.25, 0.3) is 59.9 Å². The van der Waals surface area contributed by atoms with Crippen LogP contribution in [0.4, 0.5) is 0 Å². The Morgan fingerprint density at radius 2 is 1.05 bits per heavy atom. The molecule has 202 valence electrons. The van der Waals surface area contributed by atoms with Crippen molar-refractivity contribution in [2.75, 3.05) is 0 Å². The van der Waals surface area contributed by atoms with Gasteiger partial charge in [0, 0.05) is 26.7 Å². The van der Waals surface area contributed by atoms with Crippen molar-refractivity contribution in [3.05, 3.63) is 152 Å². The molecule has 1 unspecified atom stereocenters. The molecule has 0 aliphatic heterocycles. The second-order valence-electron chi connectivity index (χ2n) is 11.1. The summed E-state index contributed by atoms with van der Waals surface area (Å²) in [5, 5.41) is 10.5. The van der Waals surface area contributed by atoms with Crippen LogP contribution in [-0.2, 0) is 4.57 Å². The van der Waals surface area contributed by atoms with Crippen LogP contribution in [0.3, 0.4) is 0 Å². The predicted octanol–water partition coefficient (Wildman–Crippen LogP) is 8.74. The molecule has 0 saturated heterocycles. The molecule has 0 aliphatic carbocycles. The fourth-order valence-corrected chi connectivity index (χ4v) is 9.43. The first-order valence-electron chi connectivity index (χ1n) is 14.5. The third kappa shape index (κ3) is 3.49. The van der Waals surface area contributed by atoms with E-state index in [1.807, 2.05) is 48.5 Å². The van der Waals surface area contributed by atoms with E-state index in [4.69, 9.17) is 4.98 Å². The molecule has 0 spiro atoms. The number of hydrogen-bond donors (Lipinski definition) is 0. The third-order valence-electron chi connectivity index (χ3n) is 8.82. The van der Waals surface area contributed by atoms with E-state index in [0.717, 1.165) is 59.7 Å². The monoisotopic (exact) mass is 568 g/mol. The van der Waals surface area contributed by atoms with Gasteiger partial charge in [0.15, 0.2) is 7.14 Å². The molecule has 43 heavy (non-hydrogen) atoms. The molecule has 7 aromatic carbocycles. The van der Waals surface area contributed by atoms with E-state index < -0.39 is 7.14 Å². The van der Waals surface area contributed by atoms with Gasteiger partial charge in [0.1, 0.15) is 5.65 Å². The van der Waals surface area contributed by atoms with Gasteiger partial charge in [0.05, 0.1) is 16.6 Å². The summed E-state index contributed by atoms with van der Waals surface area (Å²) in [7, 11) is -3.27. The summed E-state index contributed by atoms with van der Waals surface area (Å²) < 4.78 is 18.0. The number of aromatic nitrogens is 2. The number of pyridine rings is 1. The van der Waals surface area contributed by atoms with Crippen LogP contribution in [-0.4, -0.2) is 9.38 Å². The van der Waals surface area contributed by atoms with Crippen molar-refractivity contribution in [1.29, 1.82) is 0 Å². The van der Waals surface area contributed by atoms with Crippen LogP contribution < -0.4 is 15.9 Å². The van der Waals surface area contributed by atoms with Crippen LogP contribution in [0.5, 0.6) is 0 Å². The van der Waals surface area contributed by atoms with Crippen LogP contribution >= 0.6 is 7.14 Å². The van der Waals surface area contributed by atoms with Gasteiger partial charge in [0.2, 0.25) is 0 Å². The molecule has 1 atom stereocenters. The maximum Gasteiger partial charge on any atom is 0.171 e. The Morgan fingerprint density at radius 1 is 0.442 bits per heavy atom. The van der Waals surface area contributed by atoms with Crippen molar-refractivity contribution in [3.63, 3.8) is 0 Å². The summed E-state index contributed by atoms with van der Waals surface area (Å²) in [6.45, 7) is 0. The molecule has 2 heterocycles. The molecule has 0 radical (unpaired) electrons. The third-order valence-corrected chi connectivity index (χ3v) is 11.9. The topological polar surface area (TPSA) is 34.4 Å². The molecule has 9 aromatic rings. The van der Waals surface area contributed by atoms with Gasteiger partial charge >= 0.3 is 0 Å². The quantitative estimate of drug-likeness (QED) is 0.158. The maximum absolute atomic E-state index is 15.7. The zero-order valence-corrected chi connectivity index (χ0v) is 24.1. The SMILES string of the molecule is O=P(c1ccccc1)(c1ccc2ccc3ccccc3c2c1)c1ccc2nc3c4ccccc4c4ccccc4n3c2c1. The second kappa shape index (κ2) is 9.13.